The molecule has 1 N–H and O–H groups in total. The number of benzene rings is 2. The highest BCUT2D eigenvalue weighted by molar-refractivity contribution is 7.92. The van der Waals surface area contributed by atoms with Gasteiger partial charge >= 0.3 is 0 Å². The number of hydrogen-bond donors (Lipinski definition) is 1. The number of anilines is 1. The number of nitrogens with zero attached hydrogens (tertiary/aromatic N) is 1. The van der Waals surface area contributed by atoms with E-state index in [0.717, 1.165) is 12.8 Å². The van der Waals surface area contributed by atoms with E-state index in [2.05, 4.69) is 18.6 Å². The second-order valence-corrected chi connectivity index (χ2v) is 9.70. The van der Waals surface area contributed by atoms with Gasteiger partial charge in [0.25, 0.3) is 15.9 Å². The van der Waals surface area contributed by atoms with E-state index < -0.39 is 10.0 Å². The number of halogens is 1. The summed E-state index contributed by atoms with van der Waals surface area (Å²) in [5.74, 6) is -0.173. The van der Waals surface area contributed by atoms with Gasteiger partial charge in [0.2, 0.25) is 0 Å². The smallest absolute Gasteiger partial charge is 0.261 e. The summed E-state index contributed by atoms with van der Waals surface area (Å²) < 4.78 is 27.5. The van der Waals surface area contributed by atoms with Gasteiger partial charge in [-0.25, -0.2) is 8.42 Å². The molecule has 0 bridgehead atoms. The first kappa shape index (κ1) is 19.7. The summed E-state index contributed by atoms with van der Waals surface area (Å²) in [5.41, 5.74) is 0.679. The van der Waals surface area contributed by atoms with E-state index in [-0.39, 0.29) is 16.2 Å². The Bertz CT molecular complexity index is 943. The molecule has 5 nitrogen and oxygen atoms in total. The zero-order valence-corrected chi connectivity index (χ0v) is 17.0. The third-order valence-corrected chi connectivity index (χ3v) is 6.42. The fraction of sp³-hybridized carbons (Fsp3) is 0.350. The molecule has 27 heavy (non-hydrogen) atoms. The van der Waals surface area contributed by atoms with Crippen molar-refractivity contribution >= 4 is 33.2 Å². The van der Waals surface area contributed by atoms with Crippen LogP contribution in [0.2, 0.25) is 5.02 Å². The first-order chi connectivity index (χ1) is 12.7. The van der Waals surface area contributed by atoms with Crippen molar-refractivity contribution in [3.63, 3.8) is 0 Å². The summed E-state index contributed by atoms with van der Waals surface area (Å²) in [6.45, 7) is 5.61. The van der Waals surface area contributed by atoms with Gasteiger partial charge in [0.1, 0.15) is 0 Å². The fourth-order valence-corrected chi connectivity index (χ4v) is 4.60. The van der Waals surface area contributed by atoms with Crippen LogP contribution in [-0.4, -0.2) is 32.3 Å². The van der Waals surface area contributed by atoms with Crippen molar-refractivity contribution in [2.75, 3.05) is 17.8 Å². The van der Waals surface area contributed by atoms with Gasteiger partial charge in [-0.1, -0.05) is 43.6 Å². The number of carbonyl (C=O) groups excluding carboxylic acids is 1. The Morgan fingerprint density at radius 2 is 1.85 bits per heavy atom. The maximum Gasteiger partial charge on any atom is 0.261 e. The fourth-order valence-electron chi connectivity index (χ4n) is 3.33. The molecular weight excluding hydrogens is 384 g/mol. The highest BCUT2D eigenvalue weighted by atomic mass is 35.5. The summed E-state index contributed by atoms with van der Waals surface area (Å²) in [6, 6.07) is 12.7. The molecule has 1 saturated heterocycles. The SMILES string of the molecule is CC1(C)CCCN(C(=O)c2cc(NS(=O)(=O)c3ccccc3)ccc2Cl)C1. The monoisotopic (exact) mass is 406 g/mol. The molecule has 2 aromatic rings. The molecule has 7 heteroatoms. The minimum Gasteiger partial charge on any atom is -0.338 e. The van der Waals surface area contributed by atoms with Gasteiger partial charge in [-0.15, -0.1) is 0 Å². The van der Waals surface area contributed by atoms with Gasteiger partial charge in [-0.2, -0.15) is 0 Å². The average molecular weight is 407 g/mol. The molecule has 3 rings (SSSR count). The number of carbonyl (C=O) groups is 1. The summed E-state index contributed by atoms with van der Waals surface area (Å²) in [6.07, 6.45) is 2.01. The highest BCUT2D eigenvalue weighted by Gasteiger charge is 2.30. The molecule has 1 amide bonds. The largest absolute Gasteiger partial charge is 0.338 e. The van der Waals surface area contributed by atoms with Crippen molar-refractivity contribution in [3.05, 3.63) is 59.1 Å². The summed E-state index contributed by atoms with van der Waals surface area (Å²) >= 11 is 6.24. The van der Waals surface area contributed by atoms with Gasteiger partial charge in [0.15, 0.2) is 0 Å². The van der Waals surface area contributed by atoms with E-state index in [0.29, 0.717) is 29.4 Å². The van der Waals surface area contributed by atoms with Gasteiger partial charge in [-0.05, 0) is 48.6 Å². The van der Waals surface area contributed by atoms with Crippen molar-refractivity contribution in [2.24, 2.45) is 5.41 Å². The Morgan fingerprint density at radius 1 is 1.15 bits per heavy atom. The van der Waals surface area contributed by atoms with Gasteiger partial charge in [0, 0.05) is 18.8 Å². The van der Waals surface area contributed by atoms with Crippen LogP contribution in [0.25, 0.3) is 0 Å². The molecule has 144 valence electrons. The Balaban J connectivity index is 1.85. The second kappa shape index (κ2) is 7.52. The Labute approximate surface area is 165 Å². The van der Waals surface area contributed by atoms with Crippen LogP contribution in [0.5, 0.6) is 0 Å². The number of amides is 1. The molecule has 1 heterocycles. The maximum atomic E-state index is 13.0. The normalized spacial score (nSPS) is 16.8. The van der Waals surface area contributed by atoms with Gasteiger partial charge in [-0.3, -0.25) is 9.52 Å². The number of piperidine rings is 1. The maximum absolute atomic E-state index is 13.0. The van der Waals surface area contributed by atoms with E-state index >= 15 is 0 Å². The zero-order chi connectivity index (χ0) is 19.7. The van der Waals surface area contributed by atoms with E-state index in [1.54, 1.807) is 35.2 Å². The summed E-state index contributed by atoms with van der Waals surface area (Å²) in [5, 5.41) is 0.311. The third-order valence-electron chi connectivity index (χ3n) is 4.69. The third kappa shape index (κ3) is 4.62. The quantitative estimate of drug-likeness (QED) is 0.818. The Hall–Kier alpha value is -2.05. The van der Waals surface area contributed by atoms with Crippen LogP contribution in [0, 0.1) is 5.41 Å². The number of nitrogens with one attached hydrogen (secondary N) is 1. The lowest BCUT2D eigenvalue weighted by Crippen LogP contribution is -2.43. The summed E-state index contributed by atoms with van der Waals surface area (Å²) in [4.78, 5) is 14.9. The van der Waals surface area contributed by atoms with E-state index in [1.807, 2.05) is 0 Å². The van der Waals surface area contributed by atoms with E-state index in [4.69, 9.17) is 11.6 Å². The zero-order valence-electron chi connectivity index (χ0n) is 15.4. The molecule has 0 aromatic heterocycles. The molecule has 0 radical (unpaired) electrons. The van der Waals surface area contributed by atoms with Crippen LogP contribution in [0.1, 0.15) is 37.0 Å². The molecule has 0 aliphatic carbocycles. The number of hydrogen-bond acceptors (Lipinski definition) is 3. The molecule has 2 aromatic carbocycles. The number of likely N-dealkylation sites (tertiary alicyclic amines) is 1. The molecular formula is C20H23ClN2O3S. The van der Waals surface area contributed by atoms with Gasteiger partial charge in [0.05, 0.1) is 15.5 Å². The number of rotatable bonds is 4. The van der Waals surface area contributed by atoms with E-state index in [9.17, 15) is 13.2 Å². The van der Waals surface area contributed by atoms with Gasteiger partial charge < -0.3 is 4.90 Å². The summed E-state index contributed by atoms with van der Waals surface area (Å²) in [7, 11) is -3.73. The van der Waals surface area contributed by atoms with Crippen LogP contribution in [0.4, 0.5) is 5.69 Å². The first-order valence-electron chi connectivity index (χ1n) is 8.85. The molecule has 0 saturated carbocycles. The molecule has 0 unspecified atom stereocenters. The van der Waals surface area contributed by atoms with Crippen LogP contribution in [0.3, 0.4) is 0 Å². The second-order valence-electron chi connectivity index (χ2n) is 7.61. The van der Waals surface area contributed by atoms with Crippen molar-refractivity contribution in [1.82, 2.24) is 4.90 Å². The topological polar surface area (TPSA) is 66.5 Å². The van der Waals surface area contributed by atoms with Crippen molar-refractivity contribution < 1.29 is 13.2 Å². The minimum absolute atomic E-state index is 0.0624. The average Bonchev–Trinajstić information content (AvgIpc) is 2.62. The highest BCUT2D eigenvalue weighted by Crippen LogP contribution is 2.31. The first-order valence-corrected chi connectivity index (χ1v) is 10.7. The standard InChI is InChI=1S/C20H23ClN2O3S/c1-20(2)11-6-12-23(14-20)19(24)17-13-15(9-10-18(17)21)22-27(25,26)16-7-4-3-5-8-16/h3-5,7-10,13,22H,6,11-12,14H2,1-2H3. The van der Waals surface area contributed by atoms with Crippen LogP contribution < -0.4 is 4.72 Å². The Morgan fingerprint density at radius 3 is 2.52 bits per heavy atom. The molecule has 0 spiro atoms. The van der Waals surface area contributed by atoms with Crippen LogP contribution in [-0.2, 0) is 10.0 Å². The lowest BCUT2D eigenvalue weighted by molar-refractivity contribution is 0.0583. The van der Waals surface area contributed by atoms with Crippen LogP contribution >= 0.6 is 11.6 Å². The molecule has 1 aliphatic rings. The van der Waals surface area contributed by atoms with Crippen molar-refractivity contribution in [3.8, 4) is 0 Å². The predicted molar refractivity (Wildman–Crippen MR) is 108 cm³/mol. The van der Waals surface area contributed by atoms with Crippen molar-refractivity contribution in [2.45, 2.75) is 31.6 Å². The molecule has 1 aliphatic heterocycles. The van der Waals surface area contributed by atoms with Crippen LogP contribution in [0.15, 0.2) is 53.4 Å². The van der Waals surface area contributed by atoms with Crippen molar-refractivity contribution in [1.29, 1.82) is 0 Å². The number of sulfonamides is 1. The predicted octanol–water partition coefficient (Wildman–Crippen LogP) is 4.40. The van der Waals surface area contributed by atoms with E-state index in [1.165, 1.54) is 18.2 Å². The molecule has 0 atom stereocenters. The lowest BCUT2D eigenvalue weighted by Gasteiger charge is -2.38. The lowest BCUT2D eigenvalue weighted by atomic mass is 9.84. The Kier molecular flexibility index (Phi) is 5.49. The minimum atomic E-state index is -3.73. The molecule has 1 fully saturated rings.